The SMILES string of the molecule is Cc1ccc(NC(=S)N2CCC(c3cc(=O)n(-c4ccccc4)[nH]3)CC2)cc1Cl. The van der Waals surface area contributed by atoms with E-state index in [1.807, 2.05) is 55.5 Å². The van der Waals surface area contributed by atoms with Crippen molar-refractivity contribution < 1.29 is 0 Å². The summed E-state index contributed by atoms with van der Waals surface area (Å²) in [5.74, 6) is 0.320. The van der Waals surface area contributed by atoms with E-state index in [-0.39, 0.29) is 5.56 Å². The Labute approximate surface area is 180 Å². The van der Waals surface area contributed by atoms with E-state index in [4.69, 9.17) is 23.8 Å². The third kappa shape index (κ3) is 4.38. The summed E-state index contributed by atoms with van der Waals surface area (Å²) in [5.41, 5.74) is 3.76. The number of nitrogens with one attached hydrogen (secondary N) is 2. The first-order chi connectivity index (χ1) is 14.0. The number of halogens is 1. The van der Waals surface area contributed by atoms with Crippen LogP contribution in [0.3, 0.4) is 0 Å². The highest BCUT2D eigenvalue weighted by molar-refractivity contribution is 7.80. The van der Waals surface area contributed by atoms with Crippen LogP contribution >= 0.6 is 23.8 Å². The highest BCUT2D eigenvalue weighted by Gasteiger charge is 2.24. The van der Waals surface area contributed by atoms with E-state index in [1.54, 1.807) is 10.7 Å². The summed E-state index contributed by atoms with van der Waals surface area (Å²) >= 11 is 11.8. The maximum absolute atomic E-state index is 12.4. The molecule has 0 bridgehead atoms. The van der Waals surface area contributed by atoms with E-state index < -0.39 is 0 Å². The number of aromatic amines is 1. The minimum absolute atomic E-state index is 0.0259. The van der Waals surface area contributed by atoms with Crippen molar-refractivity contribution in [3.05, 3.63) is 81.2 Å². The molecule has 0 radical (unpaired) electrons. The summed E-state index contributed by atoms with van der Waals surface area (Å²) in [6, 6.07) is 17.2. The number of likely N-dealkylation sites (tertiary alicyclic amines) is 1. The molecule has 1 fully saturated rings. The summed E-state index contributed by atoms with van der Waals surface area (Å²) in [5, 5.41) is 8.00. The molecule has 0 unspecified atom stereocenters. The van der Waals surface area contributed by atoms with Crippen molar-refractivity contribution in [2.24, 2.45) is 0 Å². The van der Waals surface area contributed by atoms with Gasteiger partial charge in [-0.3, -0.25) is 9.89 Å². The summed E-state index contributed by atoms with van der Waals surface area (Å²) in [6.45, 7) is 3.66. The van der Waals surface area contributed by atoms with Gasteiger partial charge in [0.15, 0.2) is 5.11 Å². The number of rotatable bonds is 3. The minimum atomic E-state index is -0.0259. The van der Waals surface area contributed by atoms with Gasteiger partial charge in [0.25, 0.3) is 5.56 Å². The van der Waals surface area contributed by atoms with Gasteiger partial charge in [0.1, 0.15) is 0 Å². The standard InChI is InChI=1S/C22H23ClN4OS/c1-15-7-8-17(13-19(15)23)24-22(29)26-11-9-16(10-12-26)20-14-21(28)27(25-20)18-5-3-2-4-6-18/h2-8,13-14,16,25H,9-12H2,1H3,(H,24,29). The molecular formula is C22H23ClN4OS. The molecule has 0 atom stereocenters. The second kappa shape index (κ2) is 8.43. The van der Waals surface area contributed by atoms with Crippen molar-refractivity contribution in [3.63, 3.8) is 0 Å². The predicted molar refractivity (Wildman–Crippen MR) is 122 cm³/mol. The number of nitrogens with zero attached hydrogens (tertiary/aromatic N) is 2. The van der Waals surface area contributed by atoms with Gasteiger partial charge in [-0.15, -0.1) is 0 Å². The molecule has 7 heteroatoms. The molecule has 3 aromatic rings. The molecule has 5 nitrogen and oxygen atoms in total. The van der Waals surface area contributed by atoms with Gasteiger partial charge < -0.3 is 10.2 Å². The van der Waals surface area contributed by atoms with Crippen LogP contribution in [0.5, 0.6) is 0 Å². The van der Waals surface area contributed by atoms with Crippen LogP contribution in [0, 0.1) is 6.92 Å². The molecular weight excluding hydrogens is 404 g/mol. The molecule has 1 aromatic heterocycles. The number of H-pyrrole nitrogens is 1. The lowest BCUT2D eigenvalue weighted by atomic mass is 9.94. The monoisotopic (exact) mass is 426 g/mol. The van der Waals surface area contributed by atoms with E-state index in [0.717, 1.165) is 53.6 Å². The van der Waals surface area contributed by atoms with E-state index in [9.17, 15) is 4.79 Å². The molecule has 1 aliphatic heterocycles. The van der Waals surface area contributed by atoms with E-state index >= 15 is 0 Å². The third-order valence-corrected chi connectivity index (χ3v) is 6.17. The summed E-state index contributed by atoms with van der Waals surface area (Å²) < 4.78 is 1.61. The first-order valence-electron chi connectivity index (χ1n) is 9.71. The van der Waals surface area contributed by atoms with Crippen LogP contribution in [0.25, 0.3) is 5.69 Å². The Balaban J connectivity index is 1.39. The molecule has 2 heterocycles. The molecule has 1 aliphatic rings. The molecule has 150 valence electrons. The largest absolute Gasteiger partial charge is 0.349 e. The van der Waals surface area contributed by atoms with Gasteiger partial charge in [0, 0.05) is 41.5 Å². The lowest BCUT2D eigenvalue weighted by Crippen LogP contribution is -2.40. The summed E-state index contributed by atoms with van der Waals surface area (Å²) in [4.78, 5) is 14.6. The van der Waals surface area contributed by atoms with E-state index in [0.29, 0.717) is 11.0 Å². The minimum Gasteiger partial charge on any atom is -0.349 e. The Bertz CT molecular complexity index is 1070. The smallest absolute Gasteiger partial charge is 0.271 e. The highest BCUT2D eigenvalue weighted by Crippen LogP contribution is 2.27. The van der Waals surface area contributed by atoms with E-state index in [2.05, 4.69) is 15.3 Å². The average molecular weight is 427 g/mol. The topological polar surface area (TPSA) is 53.1 Å². The zero-order valence-electron chi connectivity index (χ0n) is 16.2. The molecule has 0 aliphatic carbocycles. The van der Waals surface area contributed by atoms with Gasteiger partial charge >= 0.3 is 0 Å². The normalized spacial score (nSPS) is 14.8. The Morgan fingerprint density at radius 1 is 1.14 bits per heavy atom. The number of benzene rings is 2. The van der Waals surface area contributed by atoms with Gasteiger partial charge in [-0.1, -0.05) is 35.9 Å². The Hall–Kier alpha value is -2.57. The van der Waals surface area contributed by atoms with Crippen molar-refractivity contribution >= 4 is 34.6 Å². The van der Waals surface area contributed by atoms with Crippen molar-refractivity contribution in [3.8, 4) is 5.69 Å². The van der Waals surface area contributed by atoms with Gasteiger partial charge in [0.05, 0.1) is 5.69 Å². The fraction of sp³-hybridized carbons (Fsp3) is 0.273. The first kappa shape index (κ1) is 19.7. The van der Waals surface area contributed by atoms with Crippen LogP contribution < -0.4 is 10.9 Å². The van der Waals surface area contributed by atoms with Crippen LogP contribution in [0.1, 0.15) is 30.0 Å². The van der Waals surface area contributed by atoms with Crippen LogP contribution in [-0.2, 0) is 0 Å². The second-order valence-electron chi connectivity index (χ2n) is 7.38. The van der Waals surface area contributed by atoms with Gasteiger partial charge in [-0.25, -0.2) is 4.68 Å². The van der Waals surface area contributed by atoms with Crippen molar-refractivity contribution in [2.75, 3.05) is 18.4 Å². The second-order valence-corrected chi connectivity index (χ2v) is 8.17. The number of hydrogen-bond donors (Lipinski definition) is 2. The first-order valence-corrected chi connectivity index (χ1v) is 10.5. The van der Waals surface area contributed by atoms with Gasteiger partial charge in [-0.2, -0.15) is 0 Å². The maximum Gasteiger partial charge on any atom is 0.271 e. The highest BCUT2D eigenvalue weighted by atomic mass is 35.5. The van der Waals surface area contributed by atoms with Crippen LogP contribution in [-0.4, -0.2) is 32.9 Å². The summed E-state index contributed by atoms with van der Waals surface area (Å²) in [7, 11) is 0. The maximum atomic E-state index is 12.4. The lowest BCUT2D eigenvalue weighted by Gasteiger charge is -2.33. The molecule has 0 saturated carbocycles. The zero-order chi connectivity index (χ0) is 20.4. The number of hydrogen-bond acceptors (Lipinski definition) is 2. The van der Waals surface area contributed by atoms with Crippen molar-refractivity contribution in [2.45, 2.75) is 25.7 Å². The number of para-hydroxylation sites is 1. The van der Waals surface area contributed by atoms with Crippen molar-refractivity contribution in [1.82, 2.24) is 14.7 Å². The molecule has 0 spiro atoms. The summed E-state index contributed by atoms with van der Waals surface area (Å²) in [6.07, 6.45) is 1.87. The Kier molecular flexibility index (Phi) is 5.74. The number of piperidine rings is 1. The molecule has 2 N–H and O–H groups in total. The fourth-order valence-electron chi connectivity index (χ4n) is 3.66. The number of aryl methyl sites for hydroxylation is 1. The molecule has 29 heavy (non-hydrogen) atoms. The Morgan fingerprint density at radius 3 is 2.55 bits per heavy atom. The molecule has 0 amide bonds. The van der Waals surface area contributed by atoms with Gasteiger partial charge in [0.2, 0.25) is 0 Å². The lowest BCUT2D eigenvalue weighted by molar-refractivity contribution is 0.313. The number of aromatic nitrogens is 2. The third-order valence-electron chi connectivity index (χ3n) is 5.40. The molecule has 2 aromatic carbocycles. The number of anilines is 1. The zero-order valence-corrected chi connectivity index (χ0v) is 17.8. The van der Waals surface area contributed by atoms with Crippen molar-refractivity contribution in [1.29, 1.82) is 0 Å². The van der Waals surface area contributed by atoms with Crippen LogP contribution in [0.2, 0.25) is 5.02 Å². The van der Waals surface area contributed by atoms with Crippen LogP contribution in [0.15, 0.2) is 59.4 Å². The Morgan fingerprint density at radius 2 is 1.86 bits per heavy atom. The quantitative estimate of drug-likeness (QED) is 0.596. The van der Waals surface area contributed by atoms with E-state index in [1.165, 1.54) is 0 Å². The molecule has 1 saturated heterocycles. The van der Waals surface area contributed by atoms with Gasteiger partial charge in [-0.05, 0) is 61.8 Å². The molecule has 4 rings (SSSR count). The average Bonchev–Trinajstić information content (AvgIpc) is 3.13. The predicted octanol–water partition coefficient (Wildman–Crippen LogP) is 4.70. The van der Waals surface area contributed by atoms with Crippen LogP contribution in [0.4, 0.5) is 5.69 Å². The number of thiocarbonyl (C=S) groups is 1. The fourth-order valence-corrected chi connectivity index (χ4v) is 4.14.